The summed E-state index contributed by atoms with van der Waals surface area (Å²) in [5.74, 6) is 0.888. The molecule has 1 aromatic carbocycles. The third-order valence-electron chi connectivity index (χ3n) is 5.18. The van der Waals surface area contributed by atoms with E-state index in [9.17, 15) is 8.42 Å². The first-order valence-corrected chi connectivity index (χ1v) is 10.2. The minimum atomic E-state index is -3.28. The summed E-state index contributed by atoms with van der Waals surface area (Å²) in [6, 6.07) is 10.2. The number of imidazole rings is 1. The maximum absolute atomic E-state index is 12.4. The van der Waals surface area contributed by atoms with Crippen LogP contribution in [0.1, 0.15) is 18.7 Å². The van der Waals surface area contributed by atoms with Crippen molar-refractivity contribution in [2.24, 2.45) is 0 Å². The molecule has 0 radical (unpaired) electrons. The molecule has 4 rings (SSSR count). The SMILES string of the molecule is CS(=O)(=O)N1CCn2c(-c3ccccc3)cnc2C12CCNCC2. The molecule has 0 atom stereocenters. The number of rotatable bonds is 2. The van der Waals surface area contributed by atoms with E-state index in [1.165, 1.54) is 6.26 Å². The molecule has 128 valence electrons. The molecule has 0 saturated carbocycles. The van der Waals surface area contributed by atoms with Gasteiger partial charge in [0.05, 0.1) is 23.7 Å². The van der Waals surface area contributed by atoms with E-state index < -0.39 is 15.6 Å². The van der Waals surface area contributed by atoms with Crippen LogP contribution in [0.5, 0.6) is 0 Å². The highest BCUT2D eigenvalue weighted by atomic mass is 32.2. The van der Waals surface area contributed by atoms with Crippen molar-refractivity contribution in [2.45, 2.75) is 24.9 Å². The number of nitrogens with one attached hydrogen (secondary N) is 1. The average Bonchev–Trinajstić information content (AvgIpc) is 3.01. The van der Waals surface area contributed by atoms with Gasteiger partial charge in [0.1, 0.15) is 5.82 Å². The van der Waals surface area contributed by atoms with E-state index in [2.05, 4.69) is 22.0 Å². The maximum Gasteiger partial charge on any atom is 0.212 e. The van der Waals surface area contributed by atoms with Crippen LogP contribution in [0.2, 0.25) is 0 Å². The van der Waals surface area contributed by atoms with E-state index in [0.29, 0.717) is 13.1 Å². The fourth-order valence-corrected chi connectivity index (χ4v) is 5.44. The van der Waals surface area contributed by atoms with E-state index in [4.69, 9.17) is 4.98 Å². The molecule has 7 heteroatoms. The normalized spacial score (nSPS) is 20.9. The molecular formula is C17H22N4O2S. The number of nitrogens with zero attached hydrogens (tertiary/aromatic N) is 3. The van der Waals surface area contributed by atoms with E-state index in [0.717, 1.165) is 43.0 Å². The highest BCUT2D eigenvalue weighted by molar-refractivity contribution is 7.88. The van der Waals surface area contributed by atoms with Gasteiger partial charge >= 0.3 is 0 Å². The van der Waals surface area contributed by atoms with E-state index in [1.807, 2.05) is 24.4 Å². The molecule has 24 heavy (non-hydrogen) atoms. The Morgan fingerprint density at radius 1 is 1.12 bits per heavy atom. The van der Waals surface area contributed by atoms with E-state index in [1.54, 1.807) is 4.31 Å². The molecule has 2 aliphatic rings. The summed E-state index contributed by atoms with van der Waals surface area (Å²) in [4.78, 5) is 4.70. The summed E-state index contributed by atoms with van der Waals surface area (Å²) >= 11 is 0. The van der Waals surface area contributed by atoms with Crippen LogP contribution in [0.15, 0.2) is 36.5 Å². The molecule has 2 aliphatic heterocycles. The number of benzene rings is 1. The second-order valence-corrected chi connectivity index (χ2v) is 8.51. The lowest BCUT2D eigenvalue weighted by molar-refractivity contribution is 0.0966. The molecular weight excluding hydrogens is 324 g/mol. The van der Waals surface area contributed by atoms with Crippen molar-refractivity contribution in [3.63, 3.8) is 0 Å². The van der Waals surface area contributed by atoms with Crippen LogP contribution in [0, 0.1) is 0 Å². The van der Waals surface area contributed by atoms with Crippen LogP contribution in [0.25, 0.3) is 11.3 Å². The summed E-state index contributed by atoms with van der Waals surface area (Å²) < 4.78 is 28.7. The van der Waals surface area contributed by atoms with Gasteiger partial charge in [-0.15, -0.1) is 0 Å². The van der Waals surface area contributed by atoms with Crippen LogP contribution in [-0.2, 0) is 22.1 Å². The topological polar surface area (TPSA) is 67.2 Å². The maximum atomic E-state index is 12.4. The zero-order valence-electron chi connectivity index (χ0n) is 13.8. The largest absolute Gasteiger partial charge is 0.325 e. The summed E-state index contributed by atoms with van der Waals surface area (Å²) in [6.07, 6.45) is 4.71. The third-order valence-corrected chi connectivity index (χ3v) is 6.51. The van der Waals surface area contributed by atoms with Gasteiger partial charge < -0.3 is 9.88 Å². The van der Waals surface area contributed by atoms with Gasteiger partial charge in [0.2, 0.25) is 10.0 Å². The molecule has 1 spiro atoms. The lowest BCUT2D eigenvalue weighted by Crippen LogP contribution is -2.58. The van der Waals surface area contributed by atoms with Gasteiger partial charge in [0, 0.05) is 13.1 Å². The van der Waals surface area contributed by atoms with Crippen LogP contribution < -0.4 is 5.32 Å². The minimum Gasteiger partial charge on any atom is -0.325 e. The quantitative estimate of drug-likeness (QED) is 0.893. The van der Waals surface area contributed by atoms with E-state index >= 15 is 0 Å². The van der Waals surface area contributed by atoms with Crippen LogP contribution in [0.4, 0.5) is 0 Å². The second kappa shape index (κ2) is 5.68. The van der Waals surface area contributed by atoms with Crippen molar-refractivity contribution in [3.8, 4) is 11.3 Å². The number of piperidine rings is 1. The molecule has 1 saturated heterocycles. The Morgan fingerprint density at radius 3 is 2.50 bits per heavy atom. The monoisotopic (exact) mass is 346 g/mol. The second-order valence-electron chi connectivity index (χ2n) is 6.60. The smallest absolute Gasteiger partial charge is 0.212 e. The summed E-state index contributed by atoms with van der Waals surface area (Å²) in [5, 5.41) is 3.34. The minimum absolute atomic E-state index is 0.502. The zero-order chi connectivity index (χ0) is 16.8. The highest BCUT2D eigenvalue weighted by Crippen LogP contribution is 2.42. The summed E-state index contributed by atoms with van der Waals surface area (Å²) in [7, 11) is -3.28. The Bertz CT molecular complexity index is 839. The molecule has 1 fully saturated rings. The first-order chi connectivity index (χ1) is 11.5. The van der Waals surface area contributed by atoms with Gasteiger partial charge in [0.15, 0.2) is 0 Å². The number of hydrogen-bond acceptors (Lipinski definition) is 4. The number of aromatic nitrogens is 2. The lowest BCUT2D eigenvalue weighted by atomic mass is 9.86. The first-order valence-electron chi connectivity index (χ1n) is 8.32. The Kier molecular flexibility index (Phi) is 3.74. The Balaban J connectivity index is 1.87. The molecule has 2 aromatic rings. The fraction of sp³-hybridized carbons (Fsp3) is 0.471. The van der Waals surface area contributed by atoms with Crippen molar-refractivity contribution >= 4 is 10.0 Å². The van der Waals surface area contributed by atoms with Crippen molar-refractivity contribution in [1.29, 1.82) is 0 Å². The molecule has 0 amide bonds. The predicted octanol–water partition coefficient (Wildman–Crippen LogP) is 1.40. The first kappa shape index (κ1) is 15.8. The van der Waals surface area contributed by atoms with Gasteiger partial charge in [-0.25, -0.2) is 13.4 Å². The van der Waals surface area contributed by atoms with Gasteiger partial charge in [-0.1, -0.05) is 30.3 Å². The predicted molar refractivity (Wildman–Crippen MR) is 93.0 cm³/mol. The van der Waals surface area contributed by atoms with Crippen LogP contribution >= 0.6 is 0 Å². The van der Waals surface area contributed by atoms with Gasteiger partial charge in [-0.2, -0.15) is 4.31 Å². The van der Waals surface area contributed by atoms with Gasteiger partial charge in [-0.3, -0.25) is 0 Å². The zero-order valence-corrected chi connectivity index (χ0v) is 14.6. The summed E-state index contributed by atoms with van der Waals surface area (Å²) in [6.45, 7) is 2.75. The Hall–Kier alpha value is -1.70. The lowest BCUT2D eigenvalue weighted by Gasteiger charge is -2.47. The molecule has 0 aliphatic carbocycles. The molecule has 0 bridgehead atoms. The van der Waals surface area contributed by atoms with Crippen LogP contribution in [0.3, 0.4) is 0 Å². The van der Waals surface area contributed by atoms with Gasteiger partial charge in [0.25, 0.3) is 0 Å². The summed E-state index contributed by atoms with van der Waals surface area (Å²) in [5.41, 5.74) is 1.66. The highest BCUT2D eigenvalue weighted by Gasteiger charge is 2.49. The van der Waals surface area contributed by atoms with E-state index in [-0.39, 0.29) is 0 Å². The third kappa shape index (κ3) is 2.39. The molecule has 6 nitrogen and oxygen atoms in total. The molecule has 3 heterocycles. The number of sulfonamides is 1. The van der Waals surface area contributed by atoms with Crippen molar-refractivity contribution in [3.05, 3.63) is 42.4 Å². The molecule has 0 unspecified atom stereocenters. The van der Waals surface area contributed by atoms with Crippen LogP contribution in [-0.4, -0.2) is 48.2 Å². The number of fused-ring (bicyclic) bond motifs is 2. The Morgan fingerprint density at radius 2 is 1.83 bits per heavy atom. The molecule has 1 N–H and O–H groups in total. The molecule has 1 aromatic heterocycles. The standard InChI is InChI=1S/C17H22N4O2S/c1-24(22,23)21-12-11-20-15(14-5-3-2-4-6-14)13-19-16(20)17(21)7-9-18-10-8-17/h2-6,13,18H,7-12H2,1H3. The van der Waals surface area contributed by atoms with Crippen molar-refractivity contribution in [2.75, 3.05) is 25.9 Å². The van der Waals surface area contributed by atoms with Gasteiger partial charge in [-0.05, 0) is 31.5 Å². The van der Waals surface area contributed by atoms with Crippen molar-refractivity contribution in [1.82, 2.24) is 19.2 Å². The number of hydrogen-bond donors (Lipinski definition) is 1. The van der Waals surface area contributed by atoms with Crippen molar-refractivity contribution < 1.29 is 8.42 Å². The Labute approximate surface area is 142 Å². The average molecular weight is 346 g/mol. The fourth-order valence-electron chi connectivity index (χ4n) is 4.13.